The molecule has 8 bridgehead atoms. The van der Waals surface area contributed by atoms with Gasteiger partial charge in [-0.15, -0.1) is 0 Å². The van der Waals surface area contributed by atoms with Crippen molar-refractivity contribution in [3.05, 3.63) is 48.6 Å². The molecule has 0 amide bonds. The van der Waals surface area contributed by atoms with Gasteiger partial charge in [0.15, 0.2) is 0 Å². The summed E-state index contributed by atoms with van der Waals surface area (Å²) in [5, 5.41) is -2.64. The lowest BCUT2D eigenvalue weighted by Crippen LogP contribution is -2.50. The van der Waals surface area contributed by atoms with Crippen LogP contribution in [0, 0.1) is 5.92 Å². The molecular weight excluding hydrogens is 1410 g/mol. The van der Waals surface area contributed by atoms with E-state index in [1.807, 2.05) is 0 Å². The van der Waals surface area contributed by atoms with Gasteiger partial charge in [-0.05, 0) is 54.4 Å². The maximum absolute atomic E-state index is 12.0. The number of rotatable bonds is 28. The monoisotopic (exact) mass is 1490 g/mol. The number of fused-ring (bicyclic) bond motifs is 4. The molecule has 12 aliphatic heterocycles. The van der Waals surface area contributed by atoms with Gasteiger partial charge < -0.3 is 75.8 Å². The van der Waals surface area contributed by atoms with Crippen LogP contribution in [-0.4, -0.2) is 278 Å². The van der Waals surface area contributed by atoms with Crippen molar-refractivity contribution in [2.75, 3.05) is 79.3 Å². The van der Waals surface area contributed by atoms with Crippen LogP contribution in [0.15, 0.2) is 48.6 Å². The van der Waals surface area contributed by atoms with Gasteiger partial charge in [0.1, 0.15) is 173 Å². The van der Waals surface area contributed by atoms with Gasteiger partial charge >= 0.3 is 47.8 Å². The SMILES string of the molecule is C=C(C)C(=O)OCCOC(=O)COC1C2CC3C(O2)C1(C)OS3(=O)=O.C=C(C)C(=O)OCCOC(=O)COC1C2CC3C(O2)C1OS3(=O)=O.C=C(C)C(=O)OCCOC(=O)COC1C2OC3C1OS(=O)(=O)C3C2C.C=C(C)C(=O)OCCOC(=O)COC1C2OS(=O)(=O)C3CC1(C)OC23. The van der Waals surface area contributed by atoms with Crippen molar-refractivity contribution in [3.8, 4) is 0 Å². The Balaban J connectivity index is 0.000000154. The van der Waals surface area contributed by atoms with Crippen molar-refractivity contribution in [1.82, 2.24) is 0 Å². The Bertz CT molecular complexity index is 3620. The summed E-state index contributed by atoms with van der Waals surface area (Å²) < 4.78 is 199. The van der Waals surface area contributed by atoms with Crippen LogP contribution in [0.4, 0.5) is 0 Å². The molecule has 40 heteroatoms. The first kappa shape index (κ1) is 77.2. The highest BCUT2D eigenvalue weighted by molar-refractivity contribution is 7.88. The van der Waals surface area contributed by atoms with Crippen LogP contribution in [0.3, 0.4) is 0 Å². The van der Waals surface area contributed by atoms with Gasteiger partial charge in [0, 0.05) is 34.6 Å². The summed E-state index contributed by atoms with van der Waals surface area (Å²) in [7, 11) is -14.6. The van der Waals surface area contributed by atoms with Crippen LogP contribution in [0.1, 0.15) is 67.7 Å². The molecule has 0 N–H and O–H groups in total. The predicted molar refractivity (Wildman–Crippen MR) is 323 cm³/mol. The molecule has 0 aromatic carbocycles. The molecule has 12 saturated heterocycles. The Morgan fingerprint density at radius 2 is 0.818 bits per heavy atom. The second-order valence-electron chi connectivity index (χ2n) is 25.3. The lowest BCUT2D eigenvalue weighted by atomic mass is 9.83. The standard InChI is InChI=1S/3C15H20O9S.C14H18O9S/c1-8(2)14(17)21-5-4-20-10(16)7-22-13-12-11-9(25(18,19)24-12)6-15(13,3)23-11;1-8(2)14(17)21-5-4-20-11(16)7-22-12-9-6-10-13(23-9)15(12,3)24-25(10,18)19;1-7(2)15(17)21-5-4-20-9(16)6-22-11-10-8(3)14-13(23-10)12(11)24-25(14,18)19;1-7(2)14(16)20-4-3-19-10(15)6-21-11-8-5-9-12(22-8)13(11)23-24(9,17)18/h9,11-13H,1,4-7H2,2-3H3;9-10,12-13H,1,4-7H2,2-3H3;8,10-14H,1,4-6H2,2-3H3;8-9,11-13H,1,3-6H2,2H3. The number of ether oxygens (including phenoxy) is 16. The van der Waals surface area contributed by atoms with Crippen molar-refractivity contribution in [3.63, 3.8) is 0 Å². The third-order valence-corrected chi connectivity index (χ3v) is 24.7. The van der Waals surface area contributed by atoms with Crippen LogP contribution < -0.4 is 0 Å². The fourth-order valence-corrected chi connectivity index (χ4v) is 20.5. The minimum absolute atomic E-state index is 0.0830. The first-order valence-corrected chi connectivity index (χ1v) is 36.9. The largest absolute Gasteiger partial charge is 0.460 e. The summed E-state index contributed by atoms with van der Waals surface area (Å²) in [6.07, 6.45) is -7.35. The van der Waals surface area contributed by atoms with E-state index < -0.39 is 206 Å². The highest BCUT2D eigenvalue weighted by atomic mass is 32.2. The van der Waals surface area contributed by atoms with Crippen molar-refractivity contribution < 1.29 is 165 Å². The fraction of sp³-hybridized carbons (Fsp3) is 0.729. The molecule has 12 heterocycles. The first-order chi connectivity index (χ1) is 46.3. The van der Waals surface area contributed by atoms with Gasteiger partial charge in [-0.25, -0.2) is 38.4 Å². The van der Waals surface area contributed by atoms with E-state index in [9.17, 15) is 72.0 Å². The summed E-state index contributed by atoms with van der Waals surface area (Å²) in [6.45, 7) is 22.6. The predicted octanol–water partition coefficient (Wildman–Crippen LogP) is -1.76. The van der Waals surface area contributed by atoms with E-state index in [1.165, 1.54) is 27.7 Å². The van der Waals surface area contributed by atoms with Crippen LogP contribution in [0.2, 0.25) is 0 Å². The second-order valence-corrected chi connectivity index (χ2v) is 32.3. The quantitative estimate of drug-likeness (QED) is 0.0275. The molecule has 12 rings (SSSR count). The minimum atomic E-state index is -3.67. The fourth-order valence-electron chi connectivity index (χ4n) is 13.4. The van der Waals surface area contributed by atoms with Gasteiger partial charge in [0.25, 0.3) is 40.5 Å². The van der Waals surface area contributed by atoms with E-state index in [4.69, 9.17) is 92.5 Å². The second kappa shape index (κ2) is 30.5. The van der Waals surface area contributed by atoms with E-state index in [1.54, 1.807) is 20.8 Å². The first-order valence-electron chi connectivity index (χ1n) is 31.0. The molecule has 36 nitrogen and oxygen atoms in total. The van der Waals surface area contributed by atoms with Gasteiger partial charge in [0.05, 0.1) is 23.9 Å². The number of hydrogen-bond acceptors (Lipinski definition) is 36. The van der Waals surface area contributed by atoms with Gasteiger partial charge in [-0.3, -0.25) is 16.7 Å². The molecule has 21 unspecified atom stereocenters. The van der Waals surface area contributed by atoms with E-state index in [0.29, 0.717) is 12.8 Å². The minimum Gasteiger partial charge on any atom is -0.460 e. The van der Waals surface area contributed by atoms with Crippen LogP contribution in [-0.2, 0) is 171 Å². The highest BCUT2D eigenvalue weighted by Gasteiger charge is 2.74. The smallest absolute Gasteiger partial charge is 0.333 e. The summed E-state index contributed by atoms with van der Waals surface area (Å²) >= 11 is 0. The molecule has 0 aliphatic carbocycles. The lowest BCUT2D eigenvalue weighted by molar-refractivity contribution is -0.159. The maximum Gasteiger partial charge on any atom is 0.333 e. The third kappa shape index (κ3) is 16.8. The summed E-state index contributed by atoms with van der Waals surface area (Å²) in [5.41, 5.74) is -0.909. The Kier molecular flexibility index (Phi) is 23.8. The topological polar surface area (TPSA) is 458 Å². The maximum atomic E-state index is 12.0. The summed E-state index contributed by atoms with van der Waals surface area (Å²) in [6, 6.07) is 0. The van der Waals surface area contributed by atoms with Crippen molar-refractivity contribution in [1.29, 1.82) is 0 Å². The van der Waals surface area contributed by atoms with E-state index in [2.05, 4.69) is 26.3 Å². The normalized spacial score (nSPS) is 36.5. The van der Waals surface area contributed by atoms with Crippen molar-refractivity contribution in [2.24, 2.45) is 5.92 Å². The lowest BCUT2D eigenvalue weighted by Gasteiger charge is -2.30. The number of hydrogen-bond donors (Lipinski definition) is 0. The molecular formula is C59H78O36S4. The molecule has 0 aromatic heterocycles. The van der Waals surface area contributed by atoms with Gasteiger partial charge in [-0.1, -0.05) is 33.2 Å². The molecule has 12 aliphatic rings. The average Bonchev–Trinajstić information content (AvgIpc) is 1.55. The van der Waals surface area contributed by atoms with Crippen LogP contribution >= 0.6 is 0 Å². The van der Waals surface area contributed by atoms with E-state index in [0.717, 1.165) is 0 Å². The third-order valence-electron chi connectivity index (χ3n) is 17.8. The highest BCUT2D eigenvalue weighted by Crippen LogP contribution is 2.56. The number of carbonyl (C=O) groups is 8. The zero-order chi connectivity index (χ0) is 72.6. The Labute approximate surface area is 569 Å². The van der Waals surface area contributed by atoms with Gasteiger partial charge in [0.2, 0.25) is 0 Å². The van der Waals surface area contributed by atoms with E-state index >= 15 is 0 Å². The van der Waals surface area contributed by atoms with Crippen LogP contribution in [0.25, 0.3) is 0 Å². The molecule has 0 saturated carbocycles. The molecule has 99 heavy (non-hydrogen) atoms. The summed E-state index contributed by atoms with van der Waals surface area (Å²) in [5.74, 6) is -5.13. The van der Waals surface area contributed by atoms with Gasteiger partial charge in [-0.2, -0.15) is 33.7 Å². The van der Waals surface area contributed by atoms with Crippen molar-refractivity contribution >= 4 is 88.2 Å². The Morgan fingerprint density at radius 3 is 1.30 bits per heavy atom. The summed E-state index contributed by atoms with van der Waals surface area (Å²) in [4.78, 5) is 91.3. The number of carbonyl (C=O) groups excluding carboxylic acids is 8. The Hall–Kier alpha value is -5.96. The zero-order valence-corrected chi connectivity index (χ0v) is 58.0. The molecule has 21 atom stereocenters. The van der Waals surface area contributed by atoms with E-state index in [-0.39, 0.29) is 114 Å². The van der Waals surface area contributed by atoms with Crippen LogP contribution in [0.5, 0.6) is 0 Å². The number of esters is 8. The molecule has 0 radical (unpaired) electrons. The Morgan fingerprint density at radius 1 is 0.414 bits per heavy atom. The van der Waals surface area contributed by atoms with Crippen molar-refractivity contribution in [2.45, 2.75) is 185 Å². The molecule has 0 aromatic rings. The average molecular weight is 1490 g/mol. The molecule has 12 fully saturated rings. The molecule has 0 spiro atoms. The molecule has 554 valence electrons. The zero-order valence-electron chi connectivity index (χ0n) is 54.7.